The Bertz CT molecular complexity index is 680. The van der Waals surface area contributed by atoms with E-state index >= 15 is 0 Å². The highest BCUT2D eigenvalue weighted by molar-refractivity contribution is 5.82. The monoisotopic (exact) mass is 402 g/mol. The van der Waals surface area contributed by atoms with Gasteiger partial charge in [-0.15, -0.1) is 0 Å². The second kappa shape index (κ2) is 11.2. The van der Waals surface area contributed by atoms with Gasteiger partial charge >= 0.3 is 0 Å². The maximum absolute atomic E-state index is 12.6. The van der Waals surface area contributed by atoms with Gasteiger partial charge in [-0.1, -0.05) is 24.3 Å². The molecule has 0 bridgehead atoms. The van der Waals surface area contributed by atoms with Gasteiger partial charge in [0.25, 0.3) is 5.91 Å². The first-order chi connectivity index (χ1) is 14.2. The van der Waals surface area contributed by atoms with Gasteiger partial charge in [0.1, 0.15) is 6.10 Å². The van der Waals surface area contributed by atoms with Crippen LogP contribution in [0.15, 0.2) is 29.3 Å². The average Bonchev–Trinajstić information content (AvgIpc) is 3.30. The molecule has 2 heterocycles. The average molecular weight is 403 g/mol. The predicted octanol–water partition coefficient (Wildman–Crippen LogP) is 2.01. The molecule has 1 N–H and O–H groups in total. The fourth-order valence-electron chi connectivity index (χ4n) is 3.77. The van der Waals surface area contributed by atoms with E-state index in [4.69, 9.17) is 14.5 Å². The fourth-order valence-corrected chi connectivity index (χ4v) is 3.77. The summed E-state index contributed by atoms with van der Waals surface area (Å²) in [5.74, 6) is 1.05. The lowest BCUT2D eigenvalue weighted by atomic mass is 10.1. The summed E-state index contributed by atoms with van der Waals surface area (Å²) in [5.41, 5.74) is 2.37. The number of nitrogens with one attached hydrogen (secondary N) is 1. The lowest BCUT2D eigenvalue weighted by Crippen LogP contribution is -2.55. The second-order valence-electron chi connectivity index (χ2n) is 7.39. The molecule has 7 heteroatoms. The van der Waals surface area contributed by atoms with E-state index < -0.39 is 0 Å². The molecule has 0 radical (unpaired) electrons. The van der Waals surface area contributed by atoms with Gasteiger partial charge in [0.2, 0.25) is 0 Å². The largest absolute Gasteiger partial charge is 0.377 e. The zero-order valence-electron chi connectivity index (χ0n) is 17.7. The van der Waals surface area contributed by atoms with Gasteiger partial charge in [0, 0.05) is 45.9 Å². The molecular formula is C22H34N4O3. The molecule has 29 heavy (non-hydrogen) atoms. The Balaban J connectivity index is 1.59. The fraction of sp³-hybridized carbons (Fsp3) is 0.636. The van der Waals surface area contributed by atoms with E-state index in [2.05, 4.69) is 29.3 Å². The van der Waals surface area contributed by atoms with E-state index in [-0.39, 0.29) is 12.0 Å². The summed E-state index contributed by atoms with van der Waals surface area (Å²) < 4.78 is 11.1. The number of ether oxygens (including phenoxy) is 2. The van der Waals surface area contributed by atoms with Crippen LogP contribution in [0.4, 0.5) is 0 Å². The topological polar surface area (TPSA) is 66.4 Å². The zero-order valence-corrected chi connectivity index (χ0v) is 17.7. The van der Waals surface area contributed by atoms with Crippen LogP contribution in [0.25, 0.3) is 0 Å². The Morgan fingerprint density at radius 2 is 1.90 bits per heavy atom. The minimum absolute atomic E-state index is 0.147. The van der Waals surface area contributed by atoms with Gasteiger partial charge in [-0.05, 0) is 37.8 Å². The van der Waals surface area contributed by atoms with E-state index in [0.29, 0.717) is 39.5 Å². The Labute approximate surface area is 174 Å². The summed E-state index contributed by atoms with van der Waals surface area (Å²) in [6.45, 7) is 10.5. The minimum atomic E-state index is -0.231. The van der Waals surface area contributed by atoms with Crippen LogP contribution >= 0.6 is 0 Å². The molecule has 1 unspecified atom stereocenters. The molecule has 0 saturated carbocycles. The smallest absolute Gasteiger partial charge is 0.251 e. The van der Waals surface area contributed by atoms with Crippen LogP contribution in [-0.2, 0) is 27.4 Å². The highest BCUT2D eigenvalue weighted by Gasteiger charge is 2.30. The van der Waals surface area contributed by atoms with Gasteiger partial charge in [-0.25, -0.2) is 4.99 Å². The third-order valence-electron chi connectivity index (χ3n) is 5.41. The molecule has 1 aromatic carbocycles. The van der Waals surface area contributed by atoms with E-state index in [1.807, 2.05) is 24.0 Å². The first-order valence-electron chi connectivity index (χ1n) is 10.8. The Kier molecular flexibility index (Phi) is 8.31. The number of aliphatic imine (C=N–C) groups is 1. The quantitative estimate of drug-likeness (QED) is 0.558. The molecule has 2 aliphatic heterocycles. The summed E-state index contributed by atoms with van der Waals surface area (Å²) in [6, 6.07) is 8.29. The van der Waals surface area contributed by atoms with Crippen molar-refractivity contribution in [2.45, 2.75) is 45.9 Å². The van der Waals surface area contributed by atoms with Crippen LogP contribution in [0.2, 0.25) is 0 Å². The van der Waals surface area contributed by atoms with Gasteiger partial charge in [-0.2, -0.15) is 0 Å². The van der Waals surface area contributed by atoms with Crippen molar-refractivity contribution in [3.8, 4) is 0 Å². The first-order valence-corrected chi connectivity index (χ1v) is 10.8. The number of hydrogen-bond acceptors (Lipinski definition) is 4. The second-order valence-corrected chi connectivity index (χ2v) is 7.39. The molecule has 0 spiro atoms. The number of rotatable bonds is 7. The first kappa shape index (κ1) is 21.6. The molecule has 0 aromatic heterocycles. The van der Waals surface area contributed by atoms with Crippen LogP contribution in [-0.4, -0.2) is 73.7 Å². The number of carbonyl (C=O) groups excluding carboxylic acids is 1. The predicted molar refractivity (Wildman–Crippen MR) is 114 cm³/mol. The summed E-state index contributed by atoms with van der Waals surface area (Å²) in [5, 5.41) is 3.40. The van der Waals surface area contributed by atoms with Crippen molar-refractivity contribution in [2.75, 3.05) is 45.9 Å². The van der Waals surface area contributed by atoms with Crippen LogP contribution < -0.4 is 5.32 Å². The Morgan fingerprint density at radius 1 is 1.17 bits per heavy atom. The van der Waals surface area contributed by atoms with Crippen molar-refractivity contribution in [1.82, 2.24) is 15.1 Å². The molecule has 2 saturated heterocycles. The molecule has 3 rings (SSSR count). The highest BCUT2D eigenvalue weighted by atomic mass is 16.5. The third kappa shape index (κ3) is 5.93. The van der Waals surface area contributed by atoms with Crippen LogP contribution in [0.1, 0.15) is 37.8 Å². The molecule has 160 valence electrons. The number of guanidine groups is 1. The van der Waals surface area contributed by atoms with Crippen LogP contribution in [0.5, 0.6) is 0 Å². The van der Waals surface area contributed by atoms with Gasteiger partial charge < -0.3 is 24.6 Å². The summed E-state index contributed by atoms with van der Waals surface area (Å²) in [7, 11) is 0. The highest BCUT2D eigenvalue weighted by Crippen LogP contribution is 2.16. The molecule has 1 aromatic rings. The van der Waals surface area contributed by atoms with Gasteiger partial charge in [0.15, 0.2) is 5.96 Å². The van der Waals surface area contributed by atoms with Crippen LogP contribution in [0, 0.1) is 0 Å². The Morgan fingerprint density at radius 3 is 2.55 bits per heavy atom. The maximum Gasteiger partial charge on any atom is 0.251 e. The standard InChI is InChI=1S/C22H34N4O3/c1-3-23-22(24-16-18-8-5-6-9-19(18)17-28-4-2)26-13-11-25(12-14-26)21(27)20-10-7-15-29-20/h5-6,8-9,20H,3-4,7,10-17H2,1-2H3,(H,23,24). The van der Waals surface area contributed by atoms with Crippen LogP contribution in [0.3, 0.4) is 0 Å². The molecule has 7 nitrogen and oxygen atoms in total. The molecule has 2 fully saturated rings. The molecule has 1 atom stereocenters. The molecule has 0 aliphatic carbocycles. The number of nitrogens with zero attached hydrogens (tertiary/aromatic N) is 3. The number of piperazine rings is 1. The third-order valence-corrected chi connectivity index (χ3v) is 5.41. The van der Waals surface area contributed by atoms with Gasteiger partial charge in [0.05, 0.1) is 13.2 Å². The van der Waals surface area contributed by atoms with Crippen molar-refractivity contribution in [2.24, 2.45) is 4.99 Å². The summed E-state index contributed by atoms with van der Waals surface area (Å²) in [6.07, 6.45) is 1.60. The van der Waals surface area contributed by atoms with Gasteiger partial charge in [-0.3, -0.25) is 4.79 Å². The normalized spacial score (nSPS) is 20.2. The van der Waals surface area contributed by atoms with Crippen molar-refractivity contribution in [3.63, 3.8) is 0 Å². The van der Waals surface area contributed by atoms with Crippen molar-refractivity contribution in [1.29, 1.82) is 0 Å². The summed E-state index contributed by atoms with van der Waals surface area (Å²) >= 11 is 0. The summed E-state index contributed by atoms with van der Waals surface area (Å²) in [4.78, 5) is 21.6. The number of carbonyl (C=O) groups is 1. The van der Waals surface area contributed by atoms with Crippen molar-refractivity contribution in [3.05, 3.63) is 35.4 Å². The van der Waals surface area contributed by atoms with Crippen molar-refractivity contribution < 1.29 is 14.3 Å². The van der Waals surface area contributed by atoms with E-state index in [0.717, 1.165) is 38.4 Å². The SMILES string of the molecule is CCNC(=NCc1ccccc1COCC)N1CCN(C(=O)C2CCCO2)CC1. The lowest BCUT2D eigenvalue weighted by Gasteiger charge is -2.37. The zero-order chi connectivity index (χ0) is 20.5. The Hall–Kier alpha value is -2.12. The molecule has 2 aliphatic rings. The lowest BCUT2D eigenvalue weighted by molar-refractivity contribution is -0.142. The number of hydrogen-bond donors (Lipinski definition) is 1. The van der Waals surface area contributed by atoms with Crippen molar-refractivity contribution >= 4 is 11.9 Å². The molecular weight excluding hydrogens is 368 g/mol. The molecule has 1 amide bonds. The number of benzene rings is 1. The maximum atomic E-state index is 12.6. The van der Waals surface area contributed by atoms with E-state index in [1.54, 1.807) is 0 Å². The number of amides is 1. The van der Waals surface area contributed by atoms with E-state index in [9.17, 15) is 4.79 Å². The van der Waals surface area contributed by atoms with E-state index in [1.165, 1.54) is 11.1 Å². The minimum Gasteiger partial charge on any atom is -0.377 e.